The van der Waals surface area contributed by atoms with E-state index in [0.717, 1.165) is 18.7 Å². The molecule has 0 aromatic heterocycles. The molecule has 1 fully saturated rings. The molecule has 2 rings (SSSR count). The molecule has 0 radical (unpaired) electrons. The highest BCUT2D eigenvalue weighted by atomic mass is 35.5. The van der Waals surface area contributed by atoms with Crippen molar-refractivity contribution in [1.82, 2.24) is 4.90 Å². The molecular formula is C18H27ClN2O4. The third kappa shape index (κ3) is 6.72. The number of hydrogen-bond donors (Lipinski definition) is 1. The molecule has 1 atom stereocenters. The molecule has 0 aliphatic carbocycles. The number of aliphatic hydroxyl groups excluding tert-OH is 1. The Bertz CT molecular complexity index is 562. The minimum Gasteiger partial charge on any atom is -0.493 e. The van der Waals surface area contributed by atoms with Gasteiger partial charge >= 0.3 is 0 Å². The van der Waals surface area contributed by atoms with E-state index < -0.39 is 6.10 Å². The molecule has 25 heavy (non-hydrogen) atoms. The zero-order chi connectivity index (χ0) is 18.1. The number of aliphatic hydroxyl groups is 1. The first-order valence-corrected chi connectivity index (χ1v) is 8.96. The summed E-state index contributed by atoms with van der Waals surface area (Å²) in [6, 6.07) is 5.56. The normalized spacial score (nSPS) is 17.2. The van der Waals surface area contributed by atoms with Gasteiger partial charge in [-0.2, -0.15) is 0 Å². The molecule has 1 aromatic rings. The molecule has 0 amide bonds. The van der Waals surface area contributed by atoms with Gasteiger partial charge in [0.15, 0.2) is 11.5 Å². The molecule has 0 spiro atoms. The van der Waals surface area contributed by atoms with Gasteiger partial charge in [0.1, 0.15) is 17.9 Å². The molecule has 7 heteroatoms. The van der Waals surface area contributed by atoms with Gasteiger partial charge in [0.05, 0.1) is 14.2 Å². The minimum atomic E-state index is -0.563. The molecule has 1 heterocycles. The Labute approximate surface area is 154 Å². The highest BCUT2D eigenvalue weighted by molar-refractivity contribution is 6.65. The number of β-amino-alcohol motifs (C(OH)–C–C–N with tert-alkyl or cyclic N) is 1. The fourth-order valence-corrected chi connectivity index (χ4v) is 3.08. The minimum absolute atomic E-state index is 0.138. The van der Waals surface area contributed by atoms with Gasteiger partial charge in [0, 0.05) is 13.0 Å². The van der Waals surface area contributed by atoms with Crippen molar-refractivity contribution >= 4 is 16.8 Å². The maximum absolute atomic E-state index is 10.0. The first-order chi connectivity index (χ1) is 12.1. The zero-order valence-corrected chi connectivity index (χ0v) is 15.7. The molecule has 1 aromatic carbocycles. The molecule has 6 nitrogen and oxygen atoms in total. The van der Waals surface area contributed by atoms with Gasteiger partial charge in [-0.3, -0.25) is 0 Å². The van der Waals surface area contributed by atoms with E-state index in [1.807, 2.05) is 18.2 Å². The Hall–Kier alpha value is -1.50. The second kappa shape index (κ2) is 10.5. The van der Waals surface area contributed by atoms with Crippen LogP contribution in [0.25, 0.3) is 0 Å². The van der Waals surface area contributed by atoms with Crippen molar-refractivity contribution < 1.29 is 19.4 Å². The first-order valence-electron chi connectivity index (χ1n) is 8.58. The summed E-state index contributed by atoms with van der Waals surface area (Å²) in [7, 11) is 3.18. The smallest absolute Gasteiger partial charge is 0.160 e. The number of oxime groups is 1. The van der Waals surface area contributed by atoms with Crippen LogP contribution in [-0.4, -0.2) is 61.7 Å². The Morgan fingerprint density at radius 3 is 2.60 bits per heavy atom. The van der Waals surface area contributed by atoms with Crippen LogP contribution in [0.1, 0.15) is 24.8 Å². The lowest BCUT2D eigenvalue weighted by Gasteiger charge is -2.27. The van der Waals surface area contributed by atoms with Crippen LogP contribution in [0.3, 0.4) is 0 Å². The largest absolute Gasteiger partial charge is 0.493 e. The number of nitrogens with zero attached hydrogens (tertiary/aromatic N) is 2. The third-order valence-electron chi connectivity index (χ3n) is 4.15. The fraction of sp³-hybridized carbons (Fsp3) is 0.611. The van der Waals surface area contributed by atoms with Crippen molar-refractivity contribution in [3.63, 3.8) is 0 Å². The highest BCUT2D eigenvalue weighted by Crippen LogP contribution is 2.27. The topological polar surface area (TPSA) is 63.5 Å². The monoisotopic (exact) mass is 370 g/mol. The molecule has 1 N–H and O–H groups in total. The fourth-order valence-electron chi connectivity index (χ4n) is 2.88. The summed E-state index contributed by atoms with van der Waals surface area (Å²) < 4.78 is 10.5. The lowest BCUT2D eigenvalue weighted by Crippen LogP contribution is -2.38. The Morgan fingerprint density at radius 2 is 1.92 bits per heavy atom. The lowest BCUT2D eigenvalue weighted by atomic mass is 10.1. The summed E-state index contributed by atoms with van der Waals surface area (Å²) in [5.41, 5.74) is 0.934. The standard InChI is InChI=1S/C18H27ClN2O4/c1-23-16-7-6-14(10-17(16)24-2)11-18(19)20-25-13-15(22)12-21-8-4-3-5-9-21/h6-7,10,15,22H,3-5,8-9,11-13H2,1-2H3. The van der Waals surface area contributed by atoms with Gasteiger partial charge in [-0.25, -0.2) is 0 Å². The van der Waals surface area contributed by atoms with Crippen LogP contribution in [0.4, 0.5) is 0 Å². The maximum atomic E-state index is 10.0. The van der Waals surface area contributed by atoms with Crippen LogP contribution >= 0.6 is 11.6 Å². The van der Waals surface area contributed by atoms with Gasteiger partial charge in [0.25, 0.3) is 0 Å². The van der Waals surface area contributed by atoms with E-state index in [1.165, 1.54) is 19.3 Å². The van der Waals surface area contributed by atoms with E-state index in [2.05, 4.69) is 10.1 Å². The average Bonchev–Trinajstić information content (AvgIpc) is 2.62. The van der Waals surface area contributed by atoms with Gasteiger partial charge in [0.2, 0.25) is 0 Å². The van der Waals surface area contributed by atoms with Gasteiger partial charge in [-0.15, -0.1) is 0 Å². The summed E-state index contributed by atoms with van der Waals surface area (Å²) >= 11 is 6.12. The van der Waals surface area contributed by atoms with Crippen molar-refractivity contribution in [2.24, 2.45) is 5.16 Å². The third-order valence-corrected chi connectivity index (χ3v) is 4.35. The van der Waals surface area contributed by atoms with E-state index in [0.29, 0.717) is 29.6 Å². The van der Waals surface area contributed by atoms with Gasteiger partial charge in [-0.05, 0) is 43.6 Å². The second-order valence-corrected chi connectivity index (χ2v) is 6.58. The van der Waals surface area contributed by atoms with Crippen LogP contribution in [0.15, 0.2) is 23.4 Å². The number of benzene rings is 1. The molecule has 1 aliphatic heterocycles. The second-order valence-electron chi connectivity index (χ2n) is 6.14. The number of rotatable bonds is 9. The molecule has 1 unspecified atom stereocenters. The summed E-state index contributed by atoms with van der Waals surface area (Å²) in [6.07, 6.45) is 3.53. The molecule has 140 valence electrons. The maximum Gasteiger partial charge on any atom is 0.160 e. The number of likely N-dealkylation sites (tertiary alicyclic amines) is 1. The van der Waals surface area contributed by atoms with Crippen molar-refractivity contribution in [1.29, 1.82) is 0 Å². The quantitative estimate of drug-likeness (QED) is 0.535. The number of piperidine rings is 1. The molecular weight excluding hydrogens is 344 g/mol. The van der Waals surface area contributed by atoms with Gasteiger partial charge < -0.3 is 24.3 Å². The van der Waals surface area contributed by atoms with E-state index in [1.54, 1.807) is 14.2 Å². The Kier molecular flexibility index (Phi) is 8.31. The van der Waals surface area contributed by atoms with E-state index in [-0.39, 0.29) is 6.61 Å². The van der Waals surface area contributed by atoms with Crippen molar-refractivity contribution in [3.05, 3.63) is 23.8 Å². The van der Waals surface area contributed by atoms with Gasteiger partial charge in [-0.1, -0.05) is 29.2 Å². The van der Waals surface area contributed by atoms with E-state index in [4.69, 9.17) is 25.9 Å². The number of hydrogen-bond acceptors (Lipinski definition) is 6. The summed E-state index contributed by atoms with van der Waals surface area (Å²) in [4.78, 5) is 7.45. The summed E-state index contributed by atoms with van der Waals surface area (Å²) in [5, 5.41) is 14.2. The van der Waals surface area contributed by atoms with Crippen LogP contribution in [-0.2, 0) is 11.3 Å². The molecule has 0 saturated carbocycles. The van der Waals surface area contributed by atoms with Crippen LogP contribution < -0.4 is 9.47 Å². The SMILES string of the molecule is COc1ccc(CC(Cl)=NOCC(O)CN2CCCCC2)cc1OC. The molecule has 1 saturated heterocycles. The highest BCUT2D eigenvalue weighted by Gasteiger charge is 2.15. The van der Waals surface area contributed by atoms with E-state index in [9.17, 15) is 5.11 Å². The predicted molar refractivity (Wildman–Crippen MR) is 98.8 cm³/mol. The summed E-state index contributed by atoms with van der Waals surface area (Å²) in [5.74, 6) is 1.30. The van der Waals surface area contributed by atoms with Crippen LogP contribution in [0.5, 0.6) is 11.5 Å². The average molecular weight is 371 g/mol. The molecule has 1 aliphatic rings. The summed E-state index contributed by atoms with van der Waals surface area (Å²) in [6.45, 7) is 2.84. The molecule has 0 bridgehead atoms. The van der Waals surface area contributed by atoms with Crippen LogP contribution in [0.2, 0.25) is 0 Å². The van der Waals surface area contributed by atoms with Crippen molar-refractivity contribution in [2.45, 2.75) is 31.8 Å². The van der Waals surface area contributed by atoms with E-state index >= 15 is 0 Å². The zero-order valence-electron chi connectivity index (χ0n) is 14.9. The Morgan fingerprint density at radius 1 is 1.20 bits per heavy atom. The Balaban J connectivity index is 1.77. The number of methoxy groups -OCH3 is 2. The number of ether oxygens (including phenoxy) is 2. The first kappa shape index (κ1) is 19.8. The predicted octanol–water partition coefficient (Wildman–Crippen LogP) is 2.66. The van der Waals surface area contributed by atoms with Crippen molar-refractivity contribution in [3.8, 4) is 11.5 Å². The van der Waals surface area contributed by atoms with Crippen LogP contribution in [0, 0.1) is 0 Å². The van der Waals surface area contributed by atoms with Crippen molar-refractivity contribution in [2.75, 3.05) is 40.5 Å². The lowest BCUT2D eigenvalue weighted by molar-refractivity contribution is 0.0159. The number of halogens is 1.